The maximum absolute atomic E-state index is 12.4. The Labute approximate surface area is 134 Å². The first kappa shape index (κ1) is 13.9. The third kappa shape index (κ3) is 2.42. The number of nitrogens with one attached hydrogen (secondary N) is 2. The Morgan fingerprint density at radius 2 is 2.14 bits per heavy atom. The summed E-state index contributed by atoms with van der Waals surface area (Å²) >= 11 is 6.21. The summed E-state index contributed by atoms with van der Waals surface area (Å²) in [7, 11) is 0. The summed E-state index contributed by atoms with van der Waals surface area (Å²) in [5, 5.41) is 7.29. The predicted molar refractivity (Wildman–Crippen MR) is 87.1 cm³/mol. The molecule has 2 fully saturated rings. The van der Waals surface area contributed by atoms with Crippen molar-refractivity contribution in [3.05, 3.63) is 47.7 Å². The number of carbonyl (C=O) groups excluding carboxylic acids is 1. The van der Waals surface area contributed by atoms with Gasteiger partial charge in [0.1, 0.15) is 0 Å². The molecule has 1 aliphatic carbocycles. The maximum atomic E-state index is 12.4. The normalized spacial score (nSPS) is 26.3. The molecule has 2 bridgehead atoms. The molecule has 4 nitrogen and oxygen atoms in total. The van der Waals surface area contributed by atoms with Crippen LogP contribution in [0.15, 0.2) is 42.7 Å². The van der Waals surface area contributed by atoms with E-state index in [4.69, 9.17) is 11.6 Å². The Morgan fingerprint density at radius 1 is 1.27 bits per heavy atom. The summed E-state index contributed by atoms with van der Waals surface area (Å²) in [5.41, 5.74) is 1.89. The SMILES string of the molecule is O=C(NC1CC2CNC1C2)n1ccc(-c2ccccc2Cl)c1. The highest BCUT2D eigenvalue weighted by Gasteiger charge is 2.40. The number of aromatic nitrogens is 1. The van der Waals surface area contributed by atoms with E-state index >= 15 is 0 Å². The lowest BCUT2D eigenvalue weighted by Crippen LogP contribution is -2.48. The third-order valence-corrected chi connectivity index (χ3v) is 5.08. The van der Waals surface area contributed by atoms with E-state index in [0.29, 0.717) is 11.1 Å². The van der Waals surface area contributed by atoms with Gasteiger partial charge in [0, 0.05) is 40.6 Å². The molecule has 114 valence electrons. The average molecular weight is 316 g/mol. The zero-order valence-electron chi connectivity index (χ0n) is 12.1. The maximum Gasteiger partial charge on any atom is 0.325 e. The van der Waals surface area contributed by atoms with Gasteiger partial charge in [-0.1, -0.05) is 29.8 Å². The molecule has 2 aliphatic rings. The number of nitrogens with zero attached hydrogens (tertiary/aromatic N) is 1. The van der Waals surface area contributed by atoms with Crippen molar-refractivity contribution in [3.63, 3.8) is 0 Å². The standard InChI is InChI=1S/C17H18ClN3O/c18-14-4-2-1-3-13(14)12-5-6-21(10-12)17(22)20-16-8-11-7-15(16)19-9-11/h1-6,10-11,15-16,19H,7-9H2,(H,20,22). The first-order valence-electron chi connectivity index (χ1n) is 7.68. The summed E-state index contributed by atoms with van der Waals surface area (Å²) in [6.07, 6.45) is 5.88. The number of carbonyl (C=O) groups is 1. The minimum absolute atomic E-state index is 0.0716. The molecule has 1 aromatic heterocycles. The number of hydrogen-bond donors (Lipinski definition) is 2. The van der Waals surface area contributed by atoms with E-state index in [1.807, 2.05) is 36.5 Å². The van der Waals surface area contributed by atoms with Gasteiger partial charge in [-0.25, -0.2) is 4.79 Å². The van der Waals surface area contributed by atoms with E-state index in [1.54, 1.807) is 10.8 Å². The predicted octanol–water partition coefficient (Wildman–Crippen LogP) is 3.12. The minimum atomic E-state index is -0.0716. The van der Waals surface area contributed by atoms with Crippen LogP contribution in [0.4, 0.5) is 4.79 Å². The summed E-state index contributed by atoms with van der Waals surface area (Å²) in [5.74, 6) is 0.721. The fraction of sp³-hybridized carbons (Fsp3) is 0.353. The summed E-state index contributed by atoms with van der Waals surface area (Å²) in [4.78, 5) is 12.4. The molecule has 5 heteroatoms. The second kappa shape index (κ2) is 5.45. The Bertz CT molecular complexity index is 711. The summed E-state index contributed by atoms with van der Waals surface area (Å²) in [6.45, 7) is 1.09. The van der Waals surface area contributed by atoms with E-state index in [0.717, 1.165) is 30.0 Å². The lowest BCUT2D eigenvalue weighted by Gasteiger charge is -2.23. The molecule has 2 N–H and O–H groups in total. The first-order chi connectivity index (χ1) is 10.7. The van der Waals surface area contributed by atoms with Crippen LogP contribution in [0.2, 0.25) is 5.02 Å². The minimum Gasteiger partial charge on any atom is -0.333 e. The van der Waals surface area contributed by atoms with Crippen molar-refractivity contribution in [2.45, 2.75) is 24.9 Å². The smallest absolute Gasteiger partial charge is 0.325 e. The second-order valence-electron chi connectivity index (χ2n) is 6.20. The van der Waals surface area contributed by atoms with Gasteiger partial charge in [0.2, 0.25) is 0 Å². The Hall–Kier alpha value is -1.78. The van der Waals surface area contributed by atoms with Crippen LogP contribution in [-0.4, -0.2) is 29.2 Å². The number of fused-ring (bicyclic) bond motifs is 2. The zero-order valence-corrected chi connectivity index (χ0v) is 12.9. The molecule has 22 heavy (non-hydrogen) atoms. The van der Waals surface area contributed by atoms with Gasteiger partial charge < -0.3 is 10.6 Å². The molecular weight excluding hydrogens is 298 g/mol. The number of halogens is 1. The number of piperidine rings is 1. The van der Waals surface area contributed by atoms with Crippen molar-refractivity contribution < 1.29 is 4.79 Å². The van der Waals surface area contributed by atoms with Crippen LogP contribution < -0.4 is 10.6 Å². The Morgan fingerprint density at radius 3 is 2.86 bits per heavy atom. The van der Waals surface area contributed by atoms with Gasteiger partial charge in [-0.15, -0.1) is 0 Å². The largest absolute Gasteiger partial charge is 0.333 e. The van der Waals surface area contributed by atoms with Crippen molar-refractivity contribution in [2.75, 3.05) is 6.54 Å². The highest BCUT2D eigenvalue weighted by Crippen LogP contribution is 2.31. The molecule has 4 rings (SSSR count). The van der Waals surface area contributed by atoms with E-state index in [9.17, 15) is 4.79 Å². The molecule has 1 amide bonds. The van der Waals surface area contributed by atoms with Gasteiger partial charge in [-0.2, -0.15) is 0 Å². The molecule has 1 aliphatic heterocycles. The Balaban J connectivity index is 1.49. The van der Waals surface area contributed by atoms with Crippen LogP contribution in [0.25, 0.3) is 11.1 Å². The molecule has 1 saturated carbocycles. The first-order valence-corrected chi connectivity index (χ1v) is 8.05. The van der Waals surface area contributed by atoms with Crippen LogP contribution in [0.1, 0.15) is 12.8 Å². The molecule has 0 spiro atoms. The van der Waals surface area contributed by atoms with E-state index in [1.165, 1.54) is 6.42 Å². The molecule has 3 atom stereocenters. The fourth-order valence-corrected chi connectivity index (χ4v) is 3.87. The average Bonchev–Trinajstić information content (AvgIpc) is 3.24. The van der Waals surface area contributed by atoms with Crippen molar-refractivity contribution in [2.24, 2.45) is 5.92 Å². The lowest BCUT2D eigenvalue weighted by atomic mass is 10.1. The topological polar surface area (TPSA) is 46.1 Å². The zero-order chi connectivity index (χ0) is 15.1. The van der Waals surface area contributed by atoms with Crippen LogP contribution in [0.3, 0.4) is 0 Å². The second-order valence-corrected chi connectivity index (χ2v) is 6.60. The van der Waals surface area contributed by atoms with Gasteiger partial charge in [0.25, 0.3) is 0 Å². The van der Waals surface area contributed by atoms with Crippen molar-refractivity contribution >= 4 is 17.6 Å². The molecule has 2 heterocycles. The highest BCUT2D eigenvalue weighted by atomic mass is 35.5. The quantitative estimate of drug-likeness (QED) is 0.894. The molecule has 2 aromatic rings. The van der Waals surface area contributed by atoms with Gasteiger partial charge in [-0.05, 0) is 37.4 Å². The molecule has 0 radical (unpaired) electrons. The van der Waals surface area contributed by atoms with Crippen LogP contribution in [0, 0.1) is 5.92 Å². The van der Waals surface area contributed by atoms with Gasteiger partial charge >= 0.3 is 6.03 Å². The molecule has 1 aromatic carbocycles. The lowest BCUT2D eigenvalue weighted by molar-refractivity contribution is 0.234. The van der Waals surface area contributed by atoms with E-state index in [2.05, 4.69) is 10.6 Å². The number of hydrogen-bond acceptors (Lipinski definition) is 2. The molecule has 1 saturated heterocycles. The summed E-state index contributed by atoms with van der Waals surface area (Å²) in [6, 6.07) is 10.2. The highest BCUT2D eigenvalue weighted by molar-refractivity contribution is 6.33. The number of rotatable bonds is 2. The van der Waals surface area contributed by atoms with Crippen LogP contribution >= 0.6 is 11.6 Å². The van der Waals surface area contributed by atoms with Crippen LogP contribution in [-0.2, 0) is 0 Å². The Kier molecular flexibility index (Phi) is 3.43. The van der Waals surface area contributed by atoms with Gasteiger partial charge in [0.05, 0.1) is 0 Å². The fourth-order valence-electron chi connectivity index (χ4n) is 3.62. The molecule has 3 unspecified atom stereocenters. The monoisotopic (exact) mass is 315 g/mol. The summed E-state index contributed by atoms with van der Waals surface area (Å²) < 4.78 is 1.60. The number of amides is 1. The third-order valence-electron chi connectivity index (χ3n) is 4.75. The van der Waals surface area contributed by atoms with E-state index < -0.39 is 0 Å². The van der Waals surface area contributed by atoms with Crippen molar-refractivity contribution in [3.8, 4) is 11.1 Å². The van der Waals surface area contributed by atoms with Gasteiger partial charge in [-0.3, -0.25) is 4.57 Å². The van der Waals surface area contributed by atoms with Crippen molar-refractivity contribution in [1.82, 2.24) is 15.2 Å². The van der Waals surface area contributed by atoms with Gasteiger partial charge in [0.15, 0.2) is 0 Å². The van der Waals surface area contributed by atoms with E-state index in [-0.39, 0.29) is 12.1 Å². The van der Waals surface area contributed by atoms with Crippen molar-refractivity contribution in [1.29, 1.82) is 0 Å². The van der Waals surface area contributed by atoms with Crippen LogP contribution in [0.5, 0.6) is 0 Å². The molecular formula is C17H18ClN3O. The number of benzene rings is 1.